The summed E-state index contributed by atoms with van der Waals surface area (Å²) in [5.41, 5.74) is 6.88. The van der Waals surface area contributed by atoms with Crippen LogP contribution in [0.3, 0.4) is 0 Å². The smallest absolute Gasteiger partial charge is 0.187 e. The van der Waals surface area contributed by atoms with Crippen molar-refractivity contribution in [3.63, 3.8) is 0 Å². The number of Topliss-reactive ketones (excluding diaryl/α,β-unsaturated/α-hetero) is 1. The second-order valence-corrected chi connectivity index (χ2v) is 6.33. The number of carbonyl (C=O) groups is 1. The van der Waals surface area contributed by atoms with E-state index in [0.29, 0.717) is 17.0 Å². The van der Waals surface area contributed by atoms with E-state index in [4.69, 9.17) is 10.5 Å². The van der Waals surface area contributed by atoms with Crippen LogP contribution in [0.4, 0.5) is 4.39 Å². The highest BCUT2D eigenvalue weighted by Crippen LogP contribution is 2.31. The number of nitrogens with two attached hydrogens (primary N) is 1. The molecular weight excluding hydrogens is 323 g/mol. The summed E-state index contributed by atoms with van der Waals surface area (Å²) in [7, 11) is 0. The monoisotopic (exact) mass is 342 g/mol. The van der Waals surface area contributed by atoms with E-state index in [0.717, 1.165) is 5.69 Å². The van der Waals surface area contributed by atoms with Crippen LogP contribution in [-0.4, -0.2) is 34.8 Å². The number of amidine groups is 1. The highest BCUT2D eigenvalue weighted by Gasteiger charge is 2.32. The van der Waals surface area contributed by atoms with Gasteiger partial charge in [0.2, 0.25) is 0 Å². The van der Waals surface area contributed by atoms with Gasteiger partial charge in [0, 0.05) is 18.2 Å². The van der Waals surface area contributed by atoms with E-state index in [2.05, 4.69) is 15.0 Å². The second-order valence-electron chi connectivity index (χ2n) is 6.33. The van der Waals surface area contributed by atoms with Crippen molar-refractivity contribution >= 4 is 11.6 Å². The van der Waals surface area contributed by atoms with Gasteiger partial charge in [-0.1, -0.05) is 6.07 Å². The molecule has 6 nitrogen and oxygen atoms in total. The number of ketones is 1. The first kappa shape index (κ1) is 17.2. The number of carbonyl (C=O) groups excluding carboxylic acids is 1. The van der Waals surface area contributed by atoms with E-state index in [1.807, 2.05) is 0 Å². The van der Waals surface area contributed by atoms with Gasteiger partial charge in [-0.05, 0) is 31.5 Å². The molecule has 1 aromatic heterocycles. The lowest BCUT2D eigenvalue weighted by Crippen LogP contribution is -2.38. The van der Waals surface area contributed by atoms with E-state index in [1.165, 1.54) is 12.3 Å². The van der Waals surface area contributed by atoms with E-state index in [-0.39, 0.29) is 31.1 Å². The Kier molecular flexibility index (Phi) is 4.59. The van der Waals surface area contributed by atoms with Crippen molar-refractivity contribution in [2.75, 3.05) is 13.2 Å². The number of hydrogen-bond acceptors (Lipinski definition) is 6. The molecule has 1 aliphatic rings. The highest BCUT2D eigenvalue weighted by molar-refractivity contribution is 5.95. The molecule has 0 aliphatic carbocycles. The minimum atomic E-state index is -0.908. The minimum absolute atomic E-state index is 0.0984. The number of aromatic nitrogens is 2. The summed E-state index contributed by atoms with van der Waals surface area (Å²) in [6, 6.07) is 4.56. The standard InChI is InChI=1S/C18H19FN4O2/c1-11-7-22-15(8-21-11)16(24)6-12-3-4-14(19)13(5-12)18(2)10-25-9-17(20)23-18/h3-5,7-8H,6,9-10H2,1-2H3,(H2,20,23)/t18-/m0/s1. The molecule has 2 heterocycles. The lowest BCUT2D eigenvalue weighted by molar-refractivity contribution is 0.0986. The Morgan fingerprint density at radius 1 is 1.36 bits per heavy atom. The third kappa shape index (κ3) is 3.71. The summed E-state index contributed by atoms with van der Waals surface area (Å²) in [6.07, 6.45) is 3.09. The van der Waals surface area contributed by atoms with Crippen molar-refractivity contribution in [3.05, 3.63) is 58.9 Å². The molecule has 1 aromatic carbocycles. The van der Waals surface area contributed by atoms with Gasteiger partial charge in [-0.15, -0.1) is 0 Å². The van der Waals surface area contributed by atoms with Crippen LogP contribution in [0.2, 0.25) is 0 Å². The number of ether oxygens (including phenoxy) is 1. The predicted octanol–water partition coefficient (Wildman–Crippen LogP) is 1.95. The van der Waals surface area contributed by atoms with Crippen molar-refractivity contribution < 1.29 is 13.9 Å². The maximum Gasteiger partial charge on any atom is 0.187 e. The van der Waals surface area contributed by atoms with E-state index >= 15 is 0 Å². The maximum atomic E-state index is 14.4. The first-order chi connectivity index (χ1) is 11.9. The molecule has 1 aliphatic heterocycles. The minimum Gasteiger partial charge on any atom is -0.386 e. The van der Waals surface area contributed by atoms with Crippen LogP contribution in [0.5, 0.6) is 0 Å². The Labute approximate surface area is 145 Å². The van der Waals surface area contributed by atoms with Crippen molar-refractivity contribution in [3.8, 4) is 0 Å². The Balaban J connectivity index is 1.88. The fourth-order valence-electron chi connectivity index (χ4n) is 2.78. The molecule has 130 valence electrons. The van der Waals surface area contributed by atoms with Crippen LogP contribution in [0.15, 0.2) is 35.6 Å². The zero-order chi connectivity index (χ0) is 18.0. The number of halogens is 1. The number of benzene rings is 1. The van der Waals surface area contributed by atoms with Crippen LogP contribution in [-0.2, 0) is 16.7 Å². The van der Waals surface area contributed by atoms with Crippen molar-refractivity contribution in [1.82, 2.24) is 9.97 Å². The average molecular weight is 342 g/mol. The molecule has 0 unspecified atom stereocenters. The van der Waals surface area contributed by atoms with Gasteiger partial charge >= 0.3 is 0 Å². The molecule has 0 bridgehead atoms. The molecular formula is C18H19FN4O2. The summed E-state index contributed by atoms with van der Waals surface area (Å²) in [6.45, 7) is 4.02. The quantitative estimate of drug-likeness (QED) is 0.858. The van der Waals surface area contributed by atoms with E-state index in [1.54, 1.807) is 32.2 Å². The average Bonchev–Trinajstić information content (AvgIpc) is 2.57. The zero-order valence-electron chi connectivity index (χ0n) is 14.1. The first-order valence-electron chi connectivity index (χ1n) is 7.90. The normalized spacial score (nSPS) is 20.2. The third-order valence-corrected chi connectivity index (χ3v) is 4.07. The molecule has 2 aromatic rings. The fourth-order valence-corrected chi connectivity index (χ4v) is 2.78. The molecule has 2 N–H and O–H groups in total. The second kappa shape index (κ2) is 6.68. The molecule has 3 rings (SSSR count). The fraction of sp³-hybridized carbons (Fsp3) is 0.333. The topological polar surface area (TPSA) is 90.5 Å². The molecule has 0 amide bonds. The molecule has 25 heavy (non-hydrogen) atoms. The maximum absolute atomic E-state index is 14.4. The van der Waals surface area contributed by atoms with Gasteiger partial charge in [0.15, 0.2) is 5.78 Å². The van der Waals surface area contributed by atoms with Crippen LogP contribution in [0, 0.1) is 12.7 Å². The molecule has 7 heteroatoms. The highest BCUT2D eigenvalue weighted by atomic mass is 19.1. The molecule has 0 fully saturated rings. The van der Waals surface area contributed by atoms with Crippen molar-refractivity contribution in [2.24, 2.45) is 10.7 Å². The van der Waals surface area contributed by atoms with E-state index < -0.39 is 11.4 Å². The van der Waals surface area contributed by atoms with Crippen molar-refractivity contribution in [1.29, 1.82) is 0 Å². The van der Waals surface area contributed by atoms with Gasteiger partial charge in [0.05, 0.1) is 18.5 Å². The lowest BCUT2D eigenvalue weighted by Gasteiger charge is -2.30. The largest absolute Gasteiger partial charge is 0.386 e. The summed E-state index contributed by atoms with van der Waals surface area (Å²) in [4.78, 5) is 24.9. The van der Waals surface area contributed by atoms with E-state index in [9.17, 15) is 9.18 Å². The van der Waals surface area contributed by atoms with Crippen LogP contribution in [0.1, 0.15) is 34.2 Å². The summed E-state index contributed by atoms with van der Waals surface area (Å²) in [5, 5.41) is 0. The van der Waals surface area contributed by atoms with Gasteiger partial charge in [-0.25, -0.2) is 9.37 Å². The Bertz CT molecular complexity index is 835. The molecule has 1 atom stereocenters. The third-order valence-electron chi connectivity index (χ3n) is 4.07. The Hall–Kier alpha value is -2.67. The van der Waals surface area contributed by atoms with Gasteiger partial charge in [-0.2, -0.15) is 0 Å². The van der Waals surface area contributed by atoms with Crippen molar-refractivity contribution in [2.45, 2.75) is 25.8 Å². The number of hydrogen-bond donors (Lipinski definition) is 1. The van der Waals surface area contributed by atoms with Gasteiger partial charge in [-0.3, -0.25) is 14.8 Å². The van der Waals surface area contributed by atoms with Gasteiger partial charge in [0.1, 0.15) is 29.5 Å². The SMILES string of the molecule is Cc1cnc(C(=O)Cc2ccc(F)c([C@]3(C)COCC(N)=N3)c2)cn1. The Morgan fingerprint density at radius 3 is 2.84 bits per heavy atom. The van der Waals surface area contributed by atoms with Crippen LogP contribution in [0.25, 0.3) is 0 Å². The number of nitrogens with zero attached hydrogens (tertiary/aromatic N) is 3. The number of aliphatic imine (C=N–C) groups is 1. The molecule has 0 saturated heterocycles. The molecule has 0 saturated carbocycles. The van der Waals surface area contributed by atoms with Gasteiger partial charge in [0.25, 0.3) is 0 Å². The zero-order valence-corrected chi connectivity index (χ0v) is 14.1. The predicted molar refractivity (Wildman–Crippen MR) is 91.0 cm³/mol. The Morgan fingerprint density at radius 2 is 2.16 bits per heavy atom. The number of aryl methyl sites for hydroxylation is 1. The summed E-state index contributed by atoms with van der Waals surface area (Å²) in [5.74, 6) is -0.265. The molecule has 0 radical (unpaired) electrons. The van der Waals surface area contributed by atoms with Crippen LogP contribution >= 0.6 is 0 Å². The summed E-state index contributed by atoms with van der Waals surface area (Å²) < 4.78 is 19.8. The van der Waals surface area contributed by atoms with Gasteiger partial charge < -0.3 is 10.5 Å². The summed E-state index contributed by atoms with van der Waals surface area (Å²) >= 11 is 0. The van der Waals surface area contributed by atoms with Crippen LogP contribution < -0.4 is 5.73 Å². The number of rotatable bonds is 4. The molecule has 0 spiro atoms. The first-order valence-corrected chi connectivity index (χ1v) is 7.90. The lowest BCUT2D eigenvalue weighted by atomic mass is 9.90.